The summed E-state index contributed by atoms with van der Waals surface area (Å²) in [6.45, 7) is 5.40. The molecule has 0 aliphatic carbocycles. The Kier molecular flexibility index (Phi) is 6.59. The maximum Gasteiger partial charge on any atom is 0.336 e. The molecule has 0 saturated carbocycles. The second-order valence-electron chi connectivity index (χ2n) is 5.40. The second kappa shape index (κ2) is 7.96. The van der Waals surface area contributed by atoms with Crippen LogP contribution in [0.25, 0.3) is 0 Å². The van der Waals surface area contributed by atoms with Gasteiger partial charge in [-0.2, -0.15) is 5.10 Å². The van der Waals surface area contributed by atoms with E-state index in [9.17, 15) is 4.79 Å². The number of aromatic nitrogens is 2. The molecule has 0 unspecified atom stereocenters. The van der Waals surface area contributed by atoms with E-state index in [2.05, 4.69) is 30.3 Å². The molecule has 5 nitrogen and oxygen atoms in total. The van der Waals surface area contributed by atoms with Gasteiger partial charge in [-0.3, -0.25) is 4.68 Å². The van der Waals surface area contributed by atoms with Gasteiger partial charge in [-0.15, -0.1) is 12.4 Å². The van der Waals surface area contributed by atoms with Crippen molar-refractivity contribution in [3.63, 3.8) is 0 Å². The van der Waals surface area contributed by atoms with Gasteiger partial charge in [0.1, 0.15) is 0 Å². The van der Waals surface area contributed by atoms with E-state index in [1.54, 1.807) is 12.1 Å². The molecular formula is C16H22ClN3O2. The zero-order valence-corrected chi connectivity index (χ0v) is 13.9. The summed E-state index contributed by atoms with van der Waals surface area (Å²) < 4.78 is 1.87. The van der Waals surface area contributed by atoms with Crippen molar-refractivity contribution in [2.45, 2.75) is 32.9 Å². The van der Waals surface area contributed by atoms with Gasteiger partial charge in [0.2, 0.25) is 0 Å². The number of halogens is 1. The number of hydrogen-bond donors (Lipinski definition) is 2. The number of benzene rings is 1. The van der Waals surface area contributed by atoms with Crippen LogP contribution in [0.15, 0.2) is 30.3 Å². The number of nitrogens with zero attached hydrogens (tertiary/aromatic N) is 2. The standard InChI is InChI=1S/C16H21N3O2.ClH/c1-11(2)15-8-13(19(3)18-15)10-17-9-12-6-4-5-7-14(12)16(20)21;/h4-8,11,17H,9-10H2,1-3H3,(H,20,21);1H. The highest BCUT2D eigenvalue weighted by Crippen LogP contribution is 2.14. The first-order valence-corrected chi connectivity index (χ1v) is 7.03. The molecule has 0 fully saturated rings. The number of carboxylic acid groups (broad SMARTS) is 1. The molecule has 0 amide bonds. The molecule has 0 saturated heterocycles. The van der Waals surface area contributed by atoms with Crippen LogP contribution in [0.2, 0.25) is 0 Å². The quantitative estimate of drug-likeness (QED) is 0.857. The molecule has 0 atom stereocenters. The number of aromatic carboxylic acids is 1. The lowest BCUT2D eigenvalue weighted by molar-refractivity contribution is 0.0695. The molecule has 0 spiro atoms. The molecule has 0 bridgehead atoms. The number of carbonyl (C=O) groups is 1. The van der Waals surface area contributed by atoms with Crippen molar-refractivity contribution in [3.05, 3.63) is 52.8 Å². The molecule has 1 aromatic heterocycles. The maximum atomic E-state index is 11.1. The number of aryl methyl sites for hydroxylation is 1. The topological polar surface area (TPSA) is 67.2 Å². The molecule has 120 valence electrons. The van der Waals surface area contributed by atoms with Gasteiger partial charge in [-0.1, -0.05) is 32.0 Å². The first kappa shape index (κ1) is 18.2. The average Bonchev–Trinajstić information content (AvgIpc) is 2.81. The van der Waals surface area contributed by atoms with E-state index >= 15 is 0 Å². The Labute approximate surface area is 136 Å². The Morgan fingerprint density at radius 3 is 2.59 bits per heavy atom. The Morgan fingerprint density at radius 2 is 2.00 bits per heavy atom. The van der Waals surface area contributed by atoms with E-state index in [4.69, 9.17) is 5.11 Å². The third-order valence-corrected chi connectivity index (χ3v) is 3.46. The number of hydrogen-bond acceptors (Lipinski definition) is 3. The summed E-state index contributed by atoms with van der Waals surface area (Å²) in [7, 11) is 1.92. The molecule has 2 aromatic rings. The van der Waals surface area contributed by atoms with E-state index in [0.29, 0.717) is 24.6 Å². The van der Waals surface area contributed by atoms with Crippen LogP contribution in [0.1, 0.15) is 47.1 Å². The fourth-order valence-electron chi connectivity index (χ4n) is 2.19. The largest absolute Gasteiger partial charge is 0.478 e. The van der Waals surface area contributed by atoms with Crippen LogP contribution in [-0.4, -0.2) is 20.9 Å². The SMILES string of the molecule is CC(C)c1cc(CNCc2ccccc2C(=O)O)n(C)n1.Cl. The Bertz CT molecular complexity index is 638. The van der Waals surface area contributed by atoms with Gasteiger partial charge >= 0.3 is 5.97 Å². The molecule has 2 rings (SSSR count). The van der Waals surface area contributed by atoms with Gasteiger partial charge in [0, 0.05) is 20.1 Å². The molecule has 0 aliphatic heterocycles. The summed E-state index contributed by atoms with van der Waals surface area (Å²) in [5.74, 6) is -0.493. The minimum atomic E-state index is -0.893. The minimum Gasteiger partial charge on any atom is -0.478 e. The fraction of sp³-hybridized carbons (Fsp3) is 0.375. The highest BCUT2D eigenvalue weighted by Gasteiger charge is 2.10. The molecule has 1 heterocycles. The Balaban J connectivity index is 0.00000242. The highest BCUT2D eigenvalue weighted by molar-refractivity contribution is 5.89. The molecule has 1 aromatic carbocycles. The van der Waals surface area contributed by atoms with Crippen molar-refractivity contribution in [3.8, 4) is 0 Å². The molecule has 0 radical (unpaired) electrons. The van der Waals surface area contributed by atoms with Gasteiger partial charge < -0.3 is 10.4 Å². The molecule has 0 aliphatic rings. The summed E-state index contributed by atoms with van der Waals surface area (Å²) in [5, 5.41) is 16.9. The van der Waals surface area contributed by atoms with Gasteiger partial charge in [0.25, 0.3) is 0 Å². The Morgan fingerprint density at radius 1 is 1.32 bits per heavy atom. The fourth-order valence-corrected chi connectivity index (χ4v) is 2.19. The second-order valence-corrected chi connectivity index (χ2v) is 5.40. The van der Waals surface area contributed by atoms with Crippen molar-refractivity contribution in [1.82, 2.24) is 15.1 Å². The van der Waals surface area contributed by atoms with Gasteiger partial charge in [0.15, 0.2) is 0 Å². The minimum absolute atomic E-state index is 0. The van der Waals surface area contributed by atoms with E-state index in [1.807, 2.05) is 23.9 Å². The summed E-state index contributed by atoms with van der Waals surface area (Å²) in [6.07, 6.45) is 0. The lowest BCUT2D eigenvalue weighted by atomic mass is 10.1. The summed E-state index contributed by atoms with van der Waals surface area (Å²) >= 11 is 0. The third-order valence-electron chi connectivity index (χ3n) is 3.46. The summed E-state index contributed by atoms with van der Waals surface area (Å²) in [6, 6.07) is 9.13. The van der Waals surface area contributed by atoms with Crippen LogP contribution in [0.4, 0.5) is 0 Å². The van der Waals surface area contributed by atoms with E-state index in [1.165, 1.54) is 0 Å². The van der Waals surface area contributed by atoms with E-state index in [0.717, 1.165) is 17.0 Å². The van der Waals surface area contributed by atoms with E-state index in [-0.39, 0.29) is 12.4 Å². The van der Waals surface area contributed by atoms with Gasteiger partial charge in [-0.25, -0.2) is 4.79 Å². The van der Waals surface area contributed by atoms with Gasteiger partial charge in [-0.05, 0) is 23.6 Å². The molecule has 6 heteroatoms. The van der Waals surface area contributed by atoms with Gasteiger partial charge in [0.05, 0.1) is 17.0 Å². The zero-order chi connectivity index (χ0) is 15.4. The van der Waals surface area contributed by atoms with Crippen molar-refractivity contribution in [2.24, 2.45) is 7.05 Å². The van der Waals surface area contributed by atoms with Crippen LogP contribution in [0, 0.1) is 0 Å². The molecule has 2 N–H and O–H groups in total. The van der Waals surface area contributed by atoms with Crippen LogP contribution in [0.3, 0.4) is 0 Å². The first-order valence-electron chi connectivity index (χ1n) is 7.03. The summed E-state index contributed by atoms with van der Waals surface area (Å²) in [4.78, 5) is 11.1. The molecule has 22 heavy (non-hydrogen) atoms. The summed E-state index contributed by atoms with van der Waals surface area (Å²) in [5.41, 5.74) is 3.29. The number of rotatable bonds is 6. The van der Waals surface area contributed by atoms with Crippen LogP contribution in [0.5, 0.6) is 0 Å². The highest BCUT2D eigenvalue weighted by atomic mass is 35.5. The van der Waals surface area contributed by atoms with Crippen molar-refractivity contribution >= 4 is 18.4 Å². The lowest BCUT2D eigenvalue weighted by Gasteiger charge is -2.08. The van der Waals surface area contributed by atoms with Crippen molar-refractivity contribution < 1.29 is 9.90 Å². The van der Waals surface area contributed by atoms with Crippen molar-refractivity contribution in [2.75, 3.05) is 0 Å². The molecular weight excluding hydrogens is 302 g/mol. The monoisotopic (exact) mass is 323 g/mol. The third kappa shape index (κ3) is 4.32. The van der Waals surface area contributed by atoms with Crippen molar-refractivity contribution in [1.29, 1.82) is 0 Å². The smallest absolute Gasteiger partial charge is 0.336 e. The van der Waals surface area contributed by atoms with Crippen LogP contribution >= 0.6 is 12.4 Å². The number of carboxylic acids is 1. The van der Waals surface area contributed by atoms with Crippen LogP contribution in [-0.2, 0) is 20.1 Å². The predicted molar refractivity (Wildman–Crippen MR) is 88.5 cm³/mol. The van der Waals surface area contributed by atoms with Crippen LogP contribution < -0.4 is 5.32 Å². The van der Waals surface area contributed by atoms with E-state index < -0.39 is 5.97 Å². The normalized spacial score (nSPS) is 10.5. The number of nitrogens with one attached hydrogen (secondary N) is 1. The average molecular weight is 324 g/mol. The lowest BCUT2D eigenvalue weighted by Crippen LogP contribution is -2.17. The maximum absolute atomic E-state index is 11.1. The predicted octanol–water partition coefficient (Wildman–Crippen LogP) is 2.95. The first-order chi connectivity index (χ1) is 9.99. The zero-order valence-electron chi connectivity index (χ0n) is 13.0. The Hall–Kier alpha value is -1.85.